The van der Waals surface area contributed by atoms with Crippen LogP contribution in [0, 0.1) is 0 Å². The van der Waals surface area contributed by atoms with Gasteiger partial charge < -0.3 is 15.3 Å². The van der Waals surface area contributed by atoms with Crippen LogP contribution in [0.15, 0.2) is 23.4 Å². The zero-order valence-corrected chi connectivity index (χ0v) is 9.95. The summed E-state index contributed by atoms with van der Waals surface area (Å²) in [6, 6.07) is 4.55. The Kier molecular flexibility index (Phi) is 4.79. The minimum absolute atomic E-state index is 0.106. The van der Waals surface area contributed by atoms with Crippen LogP contribution in [0.25, 0.3) is 0 Å². The van der Waals surface area contributed by atoms with Crippen molar-refractivity contribution in [1.82, 2.24) is 4.98 Å². The predicted octanol–water partition coefficient (Wildman–Crippen LogP) is 0.864. The van der Waals surface area contributed by atoms with Gasteiger partial charge in [-0.15, -0.1) is 0 Å². The third kappa shape index (κ3) is 3.85. The van der Waals surface area contributed by atoms with Gasteiger partial charge in [0.15, 0.2) is 0 Å². The van der Waals surface area contributed by atoms with Crippen LogP contribution in [-0.2, 0) is 14.4 Å². The van der Waals surface area contributed by atoms with Crippen LogP contribution in [0.3, 0.4) is 0 Å². The number of oxime groups is 1. The number of hydrogen-bond acceptors (Lipinski definition) is 5. The Morgan fingerprint density at radius 3 is 2.83 bits per heavy atom. The number of nitrogens with one attached hydrogen (secondary N) is 1. The van der Waals surface area contributed by atoms with E-state index in [1.165, 1.54) is 12.1 Å². The number of anilines is 1. The van der Waals surface area contributed by atoms with Gasteiger partial charge in [-0.3, -0.25) is 4.79 Å². The van der Waals surface area contributed by atoms with Gasteiger partial charge in [-0.25, -0.2) is 9.78 Å². The normalized spacial score (nSPS) is 11.2. The van der Waals surface area contributed by atoms with Crippen molar-refractivity contribution in [2.24, 2.45) is 5.16 Å². The van der Waals surface area contributed by atoms with E-state index in [1.807, 2.05) is 0 Å². The topological polar surface area (TPSA) is 101 Å². The maximum absolute atomic E-state index is 11.0. The Morgan fingerprint density at radius 2 is 2.28 bits per heavy atom. The van der Waals surface area contributed by atoms with Gasteiger partial charge >= 0.3 is 5.97 Å². The number of carbonyl (C=O) groups is 2. The van der Waals surface area contributed by atoms with Gasteiger partial charge in [0.05, 0.1) is 0 Å². The van der Waals surface area contributed by atoms with Gasteiger partial charge in [-0.1, -0.05) is 11.2 Å². The molecule has 0 atom stereocenters. The van der Waals surface area contributed by atoms with Crippen molar-refractivity contribution in [2.75, 3.05) is 5.32 Å². The standard InChI is InChI=1S/C11H13N3O4/c1-7(2)18-14-10(11(16)17)8-4-3-5-9(13-8)12-6-15/h3-7H,1-2H3,(H,16,17)(H,12,13,15). The molecule has 0 spiro atoms. The molecule has 1 rings (SSSR count). The zero-order valence-electron chi connectivity index (χ0n) is 9.95. The second-order valence-electron chi connectivity index (χ2n) is 3.57. The molecule has 0 fully saturated rings. The molecule has 0 aliphatic heterocycles. The molecule has 0 saturated heterocycles. The first-order chi connectivity index (χ1) is 8.54. The molecule has 0 saturated carbocycles. The van der Waals surface area contributed by atoms with E-state index < -0.39 is 5.97 Å². The number of amides is 1. The molecule has 18 heavy (non-hydrogen) atoms. The molecule has 0 aliphatic rings. The first kappa shape index (κ1) is 13.6. The number of nitrogens with zero attached hydrogens (tertiary/aromatic N) is 2. The van der Waals surface area contributed by atoms with Crippen LogP contribution in [-0.4, -0.2) is 34.3 Å². The summed E-state index contributed by atoms with van der Waals surface area (Å²) in [5.41, 5.74) is -0.215. The fourth-order valence-corrected chi connectivity index (χ4v) is 1.06. The predicted molar refractivity (Wildman–Crippen MR) is 64.3 cm³/mol. The van der Waals surface area contributed by atoms with Crippen molar-refractivity contribution in [3.63, 3.8) is 0 Å². The van der Waals surface area contributed by atoms with E-state index in [1.54, 1.807) is 19.9 Å². The van der Waals surface area contributed by atoms with Crippen molar-refractivity contribution in [1.29, 1.82) is 0 Å². The molecule has 0 aliphatic carbocycles. The molecule has 0 unspecified atom stereocenters. The van der Waals surface area contributed by atoms with Gasteiger partial charge in [0.2, 0.25) is 12.1 Å². The number of aromatic nitrogens is 1. The molecule has 1 aromatic heterocycles. The van der Waals surface area contributed by atoms with Crippen molar-refractivity contribution < 1.29 is 19.5 Å². The van der Waals surface area contributed by atoms with E-state index in [-0.39, 0.29) is 23.3 Å². The third-order valence-electron chi connectivity index (χ3n) is 1.76. The minimum Gasteiger partial charge on any atom is -0.476 e. The fraction of sp³-hybridized carbons (Fsp3) is 0.273. The molecule has 0 radical (unpaired) electrons. The number of carboxylic acids is 1. The second-order valence-corrected chi connectivity index (χ2v) is 3.57. The summed E-state index contributed by atoms with van der Waals surface area (Å²) in [7, 11) is 0. The number of carbonyl (C=O) groups excluding carboxylic acids is 1. The molecule has 0 aromatic carbocycles. The molecule has 7 heteroatoms. The Balaban J connectivity index is 3.05. The van der Waals surface area contributed by atoms with Gasteiger partial charge in [-0.2, -0.15) is 0 Å². The molecular formula is C11H13N3O4. The quantitative estimate of drug-likeness (QED) is 0.443. The highest BCUT2D eigenvalue weighted by Gasteiger charge is 2.16. The highest BCUT2D eigenvalue weighted by molar-refractivity contribution is 6.41. The van der Waals surface area contributed by atoms with Crippen LogP contribution < -0.4 is 5.32 Å². The summed E-state index contributed by atoms with van der Waals surface area (Å²) in [5, 5.41) is 14.9. The summed E-state index contributed by atoms with van der Waals surface area (Å²) in [6.45, 7) is 3.45. The van der Waals surface area contributed by atoms with E-state index in [9.17, 15) is 9.59 Å². The average Bonchev–Trinajstić information content (AvgIpc) is 2.29. The lowest BCUT2D eigenvalue weighted by atomic mass is 10.2. The number of aliphatic carboxylic acids is 1. The third-order valence-corrected chi connectivity index (χ3v) is 1.76. The van der Waals surface area contributed by atoms with Gasteiger partial charge in [0.1, 0.15) is 17.6 Å². The molecule has 96 valence electrons. The largest absolute Gasteiger partial charge is 0.476 e. The molecule has 1 aromatic rings. The van der Waals surface area contributed by atoms with Gasteiger partial charge in [0.25, 0.3) is 0 Å². The number of pyridine rings is 1. The Morgan fingerprint density at radius 1 is 1.56 bits per heavy atom. The van der Waals surface area contributed by atoms with Crippen molar-refractivity contribution in [3.05, 3.63) is 23.9 Å². The lowest BCUT2D eigenvalue weighted by molar-refractivity contribution is -0.129. The van der Waals surface area contributed by atoms with Gasteiger partial charge in [-0.05, 0) is 26.0 Å². The van der Waals surface area contributed by atoms with Crippen LogP contribution in [0.4, 0.5) is 5.82 Å². The van der Waals surface area contributed by atoms with E-state index >= 15 is 0 Å². The highest BCUT2D eigenvalue weighted by atomic mass is 16.6. The lowest BCUT2D eigenvalue weighted by Crippen LogP contribution is -2.18. The minimum atomic E-state index is -1.26. The maximum atomic E-state index is 11.0. The van der Waals surface area contributed by atoms with E-state index in [0.717, 1.165) is 0 Å². The first-order valence-corrected chi connectivity index (χ1v) is 5.19. The second kappa shape index (κ2) is 6.33. The van der Waals surface area contributed by atoms with E-state index in [2.05, 4.69) is 15.5 Å². The van der Waals surface area contributed by atoms with Crippen molar-refractivity contribution in [3.8, 4) is 0 Å². The van der Waals surface area contributed by atoms with Crippen LogP contribution in [0.5, 0.6) is 0 Å². The Hall–Kier alpha value is -2.44. The van der Waals surface area contributed by atoms with Crippen LogP contribution in [0.2, 0.25) is 0 Å². The highest BCUT2D eigenvalue weighted by Crippen LogP contribution is 2.06. The van der Waals surface area contributed by atoms with Gasteiger partial charge in [0, 0.05) is 0 Å². The van der Waals surface area contributed by atoms with E-state index in [0.29, 0.717) is 6.41 Å². The maximum Gasteiger partial charge on any atom is 0.360 e. The summed E-state index contributed by atoms with van der Waals surface area (Å²) in [5.74, 6) is -1.02. The van der Waals surface area contributed by atoms with Crippen molar-refractivity contribution >= 4 is 23.9 Å². The Bertz CT molecular complexity index is 471. The SMILES string of the molecule is CC(C)ON=C(C(=O)O)c1cccc(NC=O)n1. The summed E-state index contributed by atoms with van der Waals surface area (Å²) in [4.78, 5) is 30.1. The Labute approximate surface area is 103 Å². The molecule has 7 nitrogen and oxygen atoms in total. The molecular weight excluding hydrogens is 238 g/mol. The monoisotopic (exact) mass is 251 g/mol. The number of carboxylic acid groups (broad SMARTS) is 1. The van der Waals surface area contributed by atoms with Crippen LogP contribution >= 0.6 is 0 Å². The van der Waals surface area contributed by atoms with Crippen LogP contribution in [0.1, 0.15) is 19.5 Å². The fourth-order valence-electron chi connectivity index (χ4n) is 1.06. The van der Waals surface area contributed by atoms with E-state index in [4.69, 9.17) is 9.94 Å². The number of rotatable bonds is 6. The smallest absolute Gasteiger partial charge is 0.360 e. The number of hydrogen-bond donors (Lipinski definition) is 2. The summed E-state index contributed by atoms with van der Waals surface area (Å²) >= 11 is 0. The first-order valence-electron chi connectivity index (χ1n) is 5.19. The summed E-state index contributed by atoms with van der Waals surface area (Å²) < 4.78 is 0. The zero-order chi connectivity index (χ0) is 13.5. The lowest BCUT2D eigenvalue weighted by Gasteiger charge is -2.05. The average molecular weight is 251 g/mol. The molecule has 0 bridgehead atoms. The molecule has 2 N–H and O–H groups in total. The van der Waals surface area contributed by atoms with Crippen molar-refractivity contribution in [2.45, 2.75) is 20.0 Å². The molecule has 1 amide bonds. The summed E-state index contributed by atoms with van der Waals surface area (Å²) in [6.07, 6.45) is 0.213. The molecule has 1 heterocycles.